The van der Waals surface area contributed by atoms with E-state index >= 15 is 0 Å². The van der Waals surface area contributed by atoms with Crippen LogP contribution < -0.4 is 5.73 Å². The number of primary amides is 1. The molecule has 0 radical (unpaired) electrons. The smallest absolute Gasteiger partial charge is 0.284 e. The second-order valence-electron chi connectivity index (χ2n) is 5.60. The molecule has 0 aliphatic rings. The van der Waals surface area contributed by atoms with Crippen LogP contribution in [0.4, 0.5) is 0 Å². The summed E-state index contributed by atoms with van der Waals surface area (Å²) in [5, 5.41) is 0.869. The van der Waals surface area contributed by atoms with Crippen LogP contribution in [-0.4, -0.2) is 5.91 Å². The van der Waals surface area contributed by atoms with Crippen molar-refractivity contribution in [2.45, 2.75) is 27.7 Å². The van der Waals surface area contributed by atoms with Crippen LogP contribution in [0.1, 0.15) is 42.5 Å². The summed E-state index contributed by atoms with van der Waals surface area (Å²) in [5.74, 6) is 6.00. The summed E-state index contributed by atoms with van der Waals surface area (Å²) in [7, 11) is 0. The van der Waals surface area contributed by atoms with Crippen LogP contribution in [0, 0.1) is 24.2 Å². The van der Waals surface area contributed by atoms with Gasteiger partial charge in [0.05, 0.1) is 0 Å². The number of carbonyl (C=O) groups excluding carboxylic acids is 1. The highest BCUT2D eigenvalue weighted by atomic mass is 16.3. The van der Waals surface area contributed by atoms with Crippen LogP contribution in [0.15, 0.2) is 22.6 Å². The number of aryl methyl sites for hydroxylation is 1. The Hall–Kier alpha value is -2.21. The first kappa shape index (κ1) is 13.2. The second kappa shape index (κ2) is 4.47. The molecule has 0 bridgehead atoms. The zero-order chi connectivity index (χ0) is 14.2. The van der Waals surface area contributed by atoms with Crippen molar-refractivity contribution in [3.05, 3.63) is 35.1 Å². The summed E-state index contributed by atoms with van der Waals surface area (Å²) in [5.41, 5.74) is 7.48. The van der Waals surface area contributed by atoms with Gasteiger partial charge in [-0.3, -0.25) is 4.79 Å². The van der Waals surface area contributed by atoms with Gasteiger partial charge in [-0.2, -0.15) is 0 Å². The SMILES string of the molecule is Cc1c(C(N)=O)oc2cccc(C#CC(C)(C)C)c12. The predicted octanol–water partition coefficient (Wildman–Crippen LogP) is 3.24. The third kappa shape index (κ3) is 2.63. The van der Waals surface area contributed by atoms with E-state index in [1.165, 1.54) is 0 Å². The lowest BCUT2D eigenvalue weighted by atomic mass is 9.96. The monoisotopic (exact) mass is 255 g/mol. The normalized spacial score (nSPS) is 11.2. The Morgan fingerprint density at radius 2 is 2.00 bits per heavy atom. The van der Waals surface area contributed by atoms with Gasteiger partial charge >= 0.3 is 0 Å². The number of rotatable bonds is 1. The maximum atomic E-state index is 11.3. The number of carbonyl (C=O) groups is 1. The van der Waals surface area contributed by atoms with E-state index in [0.29, 0.717) is 5.58 Å². The van der Waals surface area contributed by atoms with E-state index in [1.807, 2.05) is 25.1 Å². The maximum absolute atomic E-state index is 11.3. The Morgan fingerprint density at radius 3 is 2.58 bits per heavy atom. The van der Waals surface area contributed by atoms with Gasteiger partial charge in [-0.1, -0.05) is 17.9 Å². The number of furan rings is 1. The van der Waals surface area contributed by atoms with Crippen molar-refractivity contribution in [3.8, 4) is 11.8 Å². The van der Waals surface area contributed by atoms with Crippen molar-refractivity contribution >= 4 is 16.9 Å². The molecule has 2 aromatic rings. The second-order valence-corrected chi connectivity index (χ2v) is 5.60. The maximum Gasteiger partial charge on any atom is 0.284 e. The van der Waals surface area contributed by atoms with E-state index in [4.69, 9.17) is 10.2 Å². The van der Waals surface area contributed by atoms with Gasteiger partial charge in [-0.15, -0.1) is 0 Å². The largest absolute Gasteiger partial charge is 0.451 e. The summed E-state index contributed by atoms with van der Waals surface area (Å²) in [6.45, 7) is 7.99. The molecule has 0 atom stereocenters. The molecule has 98 valence electrons. The lowest BCUT2D eigenvalue weighted by molar-refractivity contribution is 0.0975. The van der Waals surface area contributed by atoms with E-state index in [2.05, 4.69) is 32.6 Å². The zero-order valence-electron chi connectivity index (χ0n) is 11.6. The first-order valence-corrected chi connectivity index (χ1v) is 6.15. The molecular formula is C16H17NO2. The van der Waals surface area contributed by atoms with Crippen molar-refractivity contribution in [3.63, 3.8) is 0 Å². The average Bonchev–Trinajstić information content (AvgIpc) is 2.64. The molecule has 19 heavy (non-hydrogen) atoms. The average molecular weight is 255 g/mol. The van der Waals surface area contributed by atoms with Crippen LogP contribution in [0.2, 0.25) is 0 Å². The minimum absolute atomic E-state index is 0.0771. The minimum atomic E-state index is -0.552. The molecule has 3 nitrogen and oxygen atoms in total. The molecule has 1 amide bonds. The van der Waals surface area contributed by atoms with E-state index in [9.17, 15) is 4.79 Å². The minimum Gasteiger partial charge on any atom is -0.451 e. The predicted molar refractivity (Wildman–Crippen MR) is 75.8 cm³/mol. The standard InChI is InChI=1S/C16H17NO2/c1-10-13-11(8-9-16(2,3)4)6-5-7-12(13)19-14(10)15(17)18/h5-7H,1-4H3,(H2,17,18). The van der Waals surface area contributed by atoms with Gasteiger partial charge in [0.2, 0.25) is 0 Å². The van der Waals surface area contributed by atoms with Gasteiger partial charge in [0, 0.05) is 21.9 Å². The molecule has 0 saturated heterocycles. The summed E-state index contributed by atoms with van der Waals surface area (Å²) >= 11 is 0. The summed E-state index contributed by atoms with van der Waals surface area (Å²) in [4.78, 5) is 11.3. The number of fused-ring (bicyclic) bond motifs is 1. The van der Waals surface area contributed by atoms with Crippen molar-refractivity contribution in [1.29, 1.82) is 0 Å². The van der Waals surface area contributed by atoms with Crippen LogP contribution in [0.5, 0.6) is 0 Å². The molecular weight excluding hydrogens is 238 g/mol. The zero-order valence-corrected chi connectivity index (χ0v) is 11.6. The molecule has 0 aliphatic carbocycles. The molecule has 1 aromatic heterocycles. The highest BCUT2D eigenvalue weighted by Crippen LogP contribution is 2.28. The Bertz CT molecular complexity index is 706. The van der Waals surface area contributed by atoms with E-state index in [1.54, 1.807) is 0 Å². The Morgan fingerprint density at radius 1 is 1.32 bits per heavy atom. The Balaban J connectivity index is 2.69. The molecule has 2 N–H and O–H groups in total. The van der Waals surface area contributed by atoms with Crippen LogP contribution in [0.3, 0.4) is 0 Å². The summed E-state index contributed by atoms with van der Waals surface area (Å²) in [6, 6.07) is 5.61. The van der Waals surface area contributed by atoms with Gasteiger partial charge in [-0.25, -0.2) is 0 Å². The van der Waals surface area contributed by atoms with Crippen LogP contribution in [-0.2, 0) is 0 Å². The van der Waals surface area contributed by atoms with Gasteiger partial charge in [0.25, 0.3) is 5.91 Å². The molecule has 1 heterocycles. The van der Waals surface area contributed by atoms with E-state index < -0.39 is 5.91 Å². The Labute approximate surface area is 112 Å². The molecule has 0 saturated carbocycles. The summed E-state index contributed by atoms with van der Waals surface area (Å²) < 4.78 is 5.49. The molecule has 0 fully saturated rings. The summed E-state index contributed by atoms with van der Waals surface area (Å²) in [6.07, 6.45) is 0. The molecule has 0 spiro atoms. The fourth-order valence-corrected chi connectivity index (χ4v) is 1.90. The van der Waals surface area contributed by atoms with Crippen molar-refractivity contribution in [2.75, 3.05) is 0 Å². The third-order valence-electron chi connectivity index (χ3n) is 2.75. The topological polar surface area (TPSA) is 56.2 Å². The van der Waals surface area contributed by atoms with Gasteiger partial charge in [0.1, 0.15) is 5.58 Å². The number of amides is 1. The van der Waals surface area contributed by atoms with E-state index in [0.717, 1.165) is 16.5 Å². The molecule has 3 heteroatoms. The van der Waals surface area contributed by atoms with Gasteiger partial charge < -0.3 is 10.2 Å². The molecule has 0 aliphatic heterocycles. The quantitative estimate of drug-likeness (QED) is 0.795. The van der Waals surface area contributed by atoms with Crippen LogP contribution >= 0.6 is 0 Å². The number of benzene rings is 1. The number of hydrogen-bond acceptors (Lipinski definition) is 2. The van der Waals surface area contributed by atoms with Gasteiger partial charge in [-0.05, 0) is 39.8 Å². The number of hydrogen-bond donors (Lipinski definition) is 1. The first-order chi connectivity index (χ1) is 8.79. The van der Waals surface area contributed by atoms with Crippen molar-refractivity contribution in [2.24, 2.45) is 11.1 Å². The molecule has 1 aromatic carbocycles. The lowest BCUT2D eigenvalue weighted by Crippen LogP contribution is -2.10. The van der Waals surface area contributed by atoms with Gasteiger partial charge in [0.15, 0.2) is 5.76 Å². The molecule has 2 rings (SSSR count). The fourth-order valence-electron chi connectivity index (χ4n) is 1.90. The number of nitrogens with two attached hydrogens (primary N) is 1. The fraction of sp³-hybridized carbons (Fsp3) is 0.312. The first-order valence-electron chi connectivity index (χ1n) is 6.15. The highest BCUT2D eigenvalue weighted by molar-refractivity contribution is 5.99. The highest BCUT2D eigenvalue weighted by Gasteiger charge is 2.16. The van der Waals surface area contributed by atoms with Crippen molar-refractivity contribution < 1.29 is 9.21 Å². The van der Waals surface area contributed by atoms with Crippen molar-refractivity contribution in [1.82, 2.24) is 0 Å². The van der Waals surface area contributed by atoms with Crippen LogP contribution in [0.25, 0.3) is 11.0 Å². The lowest BCUT2D eigenvalue weighted by Gasteiger charge is -2.07. The third-order valence-corrected chi connectivity index (χ3v) is 2.75. The van der Waals surface area contributed by atoms with E-state index in [-0.39, 0.29) is 11.2 Å². The Kier molecular flexibility index (Phi) is 3.11. The molecule has 0 unspecified atom stereocenters.